The second-order valence-corrected chi connectivity index (χ2v) is 5.31. The normalized spacial score (nSPS) is 20.6. The van der Waals surface area contributed by atoms with E-state index in [0.717, 1.165) is 43.1 Å². The Labute approximate surface area is 101 Å². The van der Waals surface area contributed by atoms with Crippen LogP contribution in [-0.2, 0) is 4.74 Å². The van der Waals surface area contributed by atoms with Gasteiger partial charge in [0.25, 0.3) is 0 Å². The average molecular weight is 241 g/mol. The van der Waals surface area contributed by atoms with E-state index in [4.69, 9.17) is 4.74 Å². The Morgan fingerprint density at radius 1 is 1.56 bits per heavy atom. The maximum absolute atomic E-state index is 5.34. The smallest absolute Gasteiger partial charge is 0.202 e. The van der Waals surface area contributed by atoms with Crippen molar-refractivity contribution in [2.75, 3.05) is 25.1 Å². The summed E-state index contributed by atoms with van der Waals surface area (Å²) in [6.07, 6.45) is 2.37. The molecule has 1 fully saturated rings. The first-order chi connectivity index (χ1) is 7.75. The first kappa shape index (κ1) is 11.8. The highest BCUT2D eigenvalue weighted by Crippen LogP contribution is 2.19. The van der Waals surface area contributed by atoms with Crippen LogP contribution in [0.25, 0.3) is 0 Å². The third kappa shape index (κ3) is 3.15. The van der Waals surface area contributed by atoms with Crippen LogP contribution in [0.15, 0.2) is 0 Å². The highest BCUT2D eigenvalue weighted by molar-refractivity contribution is 7.09. The summed E-state index contributed by atoms with van der Waals surface area (Å²) in [6, 6.07) is 0. The zero-order valence-corrected chi connectivity index (χ0v) is 10.7. The van der Waals surface area contributed by atoms with Gasteiger partial charge in [-0.05, 0) is 18.8 Å². The molecule has 0 radical (unpaired) electrons. The van der Waals surface area contributed by atoms with Gasteiger partial charge >= 0.3 is 0 Å². The van der Waals surface area contributed by atoms with Gasteiger partial charge in [-0.1, -0.05) is 13.8 Å². The van der Waals surface area contributed by atoms with E-state index in [1.807, 2.05) is 0 Å². The van der Waals surface area contributed by atoms with Crippen molar-refractivity contribution in [1.82, 2.24) is 9.36 Å². The highest BCUT2D eigenvalue weighted by Gasteiger charge is 2.15. The fraction of sp³-hybridized carbons (Fsp3) is 0.818. The SMILES string of the molecule is CC(C)c1nsc(NCCC2CCOC2)n1. The molecule has 0 aliphatic carbocycles. The summed E-state index contributed by atoms with van der Waals surface area (Å²) < 4.78 is 9.65. The number of ether oxygens (including phenoxy) is 1. The van der Waals surface area contributed by atoms with Crippen molar-refractivity contribution in [3.05, 3.63) is 5.82 Å². The Kier molecular flexibility index (Phi) is 4.12. The van der Waals surface area contributed by atoms with E-state index < -0.39 is 0 Å². The fourth-order valence-corrected chi connectivity index (χ4v) is 2.47. The Morgan fingerprint density at radius 3 is 3.06 bits per heavy atom. The van der Waals surface area contributed by atoms with E-state index >= 15 is 0 Å². The molecule has 16 heavy (non-hydrogen) atoms. The quantitative estimate of drug-likeness (QED) is 0.860. The van der Waals surface area contributed by atoms with Crippen molar-refractivity contribution in [2.45, 2.75) is 32.6 Å². The van der Waals surface area contributed by atoms with Crippen LogP contribution in [0.1, 0.15) is 38.4 Å². The number of nitrogens with zero attached hydrogens (tertiary/aromatic N) is 2. The second kappa shape index (κ2) is 5.59. The zero-order valence-electron chi connectivity index (χ0n) is 9.90. The van der Waals surface area contributed by atoms with E-state index in [-0.39, 0.29) is 0 Å². The lowest BCUT2D eigenvalue weighted by molar-refractivity contribution is 0.185. The lowest BCUT2D eigenvalue weighted by atomic mass is 10.1. The number of anilines is 1. The molecule has 5 heteroatoms. The van der Waals surface area contributed by atoms with Crippen molar-refractivity contribution >= 4 is 16.7 Å². The minimum atomic E-state index is 0.412. The monoisotopic (exact) mass is 241 g/mol. The van der Waals surface area contributed by atoms with Gasteiger partial charge in [-0.2, -0.15) is 4.37 Å². The number of hydrogen-bond donors (Lipinski definition) is 1. The van der Waals surface area contributed by atoms with Gasteiger partial charge in [-0.15, -0.1) is 0 Å². The number of aromatic nitrogens is 2. The number of nitrogens with one attached hydrogen (secondary N) is 1. The van der Waals surface area contributed by atoms with Crippen LogP contribution in [0.2, 0.25) is 0 Å². The molecule has 0 aromatic carbocycles. The molecule has 1 saturated heterocycles. The standard InChI is InChI=1S/C11H19N3OS/c1-8(2)10-13-11(16-14-10)12-5-3-9-4-6-15-7-9/h8-9H,3-7H2,1-2H3,(H,12,13,14). The summed E-state index contributed by atoms with van der Waals surface area (Å²) in [4.78, 5) is 4.44. The molecule has 0 bridgehead atoms. The molecule has 2 heterocycles. The third-order valence-corrected chi connectivity index (χ3v) is 3.50. The third-order valence-electron chi connectivity index (χ3n) is 2.81. The summed E-state index contributed by atoms with van der Waals surface area (Å²) in [7, 11) is 0. The molecular weight excluding hydrogens is 222 g/mol. The molecule has 1 aromatic heterocycles. The van der Waals surface area contributed by atoms with Crippen molar-refractivity contribution in [2.24, 2.45) is 5.92 Å². The van der Waals surface area contributed by atoms with Gasteiger partial charge < -0.3 is 10.1 Å². The Hall–Kier alpha value is -0.680. The van der Waals surface area contributed by atoms with Crippen LogP contribution >= 0.6 is 11.5 Å². The summed E-state index contributed by atoms with van der Waals surface area (Å²) in [5.41, 5.74) is 0. The lowest BCUT2D eigenvalue weighted by Gasteiger charge is -2.06. The number of hydrogen-bond acceptors (Lipinski definition) is 5. The van der Waals surface area contributed by atoms with Gasteiger partial charge in [-0.25, -0.2) is 4.98 Å². The molecular formula is C11H19N3OS. The maximum Gasteiger partial charge on any atom is 0.202 e. The van der Waals surface area contributed by atoms with E-state index in [2.05, 4.69) is 28.5 Å². The summed E-state index contributed by atoms with van der Waals surface area (Å²) >= 11 is 1.46. The molecule has 0 amide bonds. The summed E-state index contributed by atoms with van der Waals surface area (Å²) in [5.74, 6) is 2.08. The van der Waals surface area contributed by atoms with E-state index in [1.165, 1.54) is 18.0 Å². The van der Waals surface area contributed by atoms with Crippen molar-refractivity contribution in [3.63, 3.8) is 0 Å². The highest BCUT2D eigenvalue weighted by atomic mass is 32.1. The van der Waals surface area contributed by atoms with Gasteiger partial charge in [0.05, 0.1) is 0 Å². The Balaban J connectivity index is 1.72. The topological polar surface area (TPSA) is 47.0 Å². The molecule has 2 rings (SSSR count). The second-order valence-electron chi connectivity index (χ2n) is 4.56. The Bertz CT molecular complexity index is 321. The average Bonchev–Trinajstić information content (AvgIpc) is 2.87. The van der Waals surface area contributed by atoms with Gasteiger partial charge in [0.2, 0.25) is 5.13 Å². The van der Waals surface area contributed by atoms with Crippen molar-refractivity contribution in [3.8, 4) is 0 Å². The van der Waals surface area contributed by atoms with Crippen molar-refractivity contribution < 1.29 is 4.74 Å². The predicted molar refractivity (Wildman–Crippen MR) is 66.0 cm³/mol. The van der Waals surface area contributed by atoms with Gasteiger partial charge in [0.15, 0.2) is 0 Å². The summed E-state index contributed by atoms with van der Waals surface area (Å²) in [6.45, 7) is 7.06. The minimum absolute atomic E-state index is 0.412. The van der Waals surface area contributed by atoms with Crippen LogP contribution in [-0.4, -0.2) is 29.1 Å². The van der Waals surface area contributed by atoms with E-state index in [1.54, 1.807) is 0 Å². The molecule has 1 aromatic rings. The van der Waals surface area contributed by atoms with Crippen molar-refractivity contribution in [1.29, 1.82) is 0 Å². The fourth-order valence-electron chi connectivity index (χ4n) is 1.74. The molecule has 0 spiro atoms. The first-order valence-corrected chi connectivity index (χ1v) is 6.68. The molecule has 90 valence electrons. The molecule has 0 saturated carbocycles. The maximum atomic E-state index is 5.34. The summed E-state index contributed by atoms with van der Waals surface area (Å²) in [5, 5.41) is 4.28. The van der Waals surface area contributed by atoms with E-state index in [0.29, 0.717) is 5.92 Å². The van der Waals surface area contributed by atoms with Crippen LogP contribution < -0.4 is 5.32 Å². The molecule has 1 aliphatic heterocycles. The van der Waals surface area contributed by atoms with Crippen LogP contribution in [0.5, 0.6) is 0 Å². The van der Waals surface area contributed by atoms with Gasteiger partial charge in [-0.3, -0.25) is 0 Å². The number of rotatable bonds is 5. The van der Waals surface area contributed by atoms with Gasteiger partial charge in [0.1, 0.15) is 5.82 Å². The van der Waals surface area contributed by atoms with Gasteiger partial charge in [0, 0.05) is 37.2 Å². The molecule has 1 atom stereocenters. The minimum Gasteiger partial charge on any atom is -0.381 e. The van der Waals surface area contributed by atoms with Crippen LogP contribution in [0.4, 0.5) is 5.13 Å². The van der Waals surface area contributed by atoms with Crippen LogP contribution in [0.3, 0.4) is 0 Å². The predicted octanol–water partition coefficient (Wildman–Crippen LogP) is 2.50. The molecule has 1 unspecified atom stereocenters. The zero-order chi connectivity index (χ0) is 11.4. The molecule has 1 aliphatic rings. The Morgan fingerprint density at radius 2 is 2.44 bits per heavy atom. The first-order valence-electron chi connectivity index (χ1n) is 5.91. The molecule has 1 N–H and O–H groups in total. The van der Waals surface area contributed by atoms with Crippen LogP contribution in [0, 0.1) is 5.92 Å². The molecule has 4 nitrogen and oxygen atoms in total. The lowest BCUT2D eigenvalue weighted by Crippen LogP contribution is -2.08. The largest absolute Gasteiger partial charge is 0.381 e. The van der Waals surface area contributed by atoms with E-state index in [9.17, 15) is 0 Å².